The van der Waals surface area contributed by atoms with Gasteiger partial charge in [0.1, 0.15) is 11.5 Å². The Morgan fingerprint density at radius 3 is 2.97 bits per heavy atom. The molecule has 36 heavy (non-hydrogen) atoms. The van der Waals surface area contributed by atoms with E-state index in [1.54, 1.807) is 12.4 Å². The Hall–Kier alpha value is -3.56. The summed E-state index contributed by atoms with van der Waals surface area (Å²) in [7, 11) is 6.11. The number of ether oxygens (including phenoxy) is 1. The molecule has 1 unspecified atom stereocenters. The van der Waals surface area contributed by atoms with Crippen molar-refractivity contribution in [3.63, 3.8) is 0 Å². The van der Waals surface area contributed by atoms with Gasteiger partial charge in [0.2, 0.25) is 0 Å². The van der Waals surface area contributed by atoms with Gasteiger partial charge in [-0.2, -0.15) is 0 Å². The Morgan fingerprint density at radius 1 is 1.28 bits per heavy atom. The Morgan fingerprint density at radius 2 is 2.17 bits per heavy atom. The van der Waals surface area contributed by atoms with Crippen molar-refractivity contribution in [2.75, 3.05) is 39.2 Å². The third-order valence-electron chi connectivity index (χ3n) is 7.39. The summed E-state index contributed by atoms with van der Waals surface area (Å²) >= 11 is 0. The minimum absolute atomic E-state index is 0.0932. The van der Waals surface area contributed by atoms with Gasteiger partial charge < -0.3 is 24.8 Å². The van der Waals surface area contributed by atoms with E-state index in [4.69, 9.17) is 14.7 Å². The minimum atomic E-state index is -0.0932. The first kappa shape index (κ1) is 22.9. The van der Waals surface area contributed by atoms with E-state index in [1.165, 1.54) is 0 Å². The van der Waals surface area contributed by atoms with Crippen LogP contribution in [0.25, 0.3) is 22.3 Å². The van der Waals surface area contributed by atoms with Crippen LogP contribution in [0.15, 0.2) is 47.6 Å². The molecule has 0 bridgehead atoms. The second-order valence-corrected chi connectivity index (χ2v) is 10.1. The number of allylic oxidation sites excluding steroid dienone is 1. The number of aryl methyl sites for hydroxylation is 1. The van der Waals surface area contributed by atoms with E-state index in [0.29, 0.717) is 29.6 Å². The molecular formula is C27H31N7O2. The van der Waals surface area contributed by atoms with Crippen LogP contribution in [0.4, 0.5) is 5.69 Å². The molecule has 186 valence electrons. The van der Waals surface area contributed by atoms with Gasteiger partial charge in [0.05, 0.1) is 29.7 Å². The predicted molar refractivity (Wildman–Crippen MR) is 140 cm³/mol. The molecule has 0 saturated carbocycles. The molecule has 1 amide bonds. The van der Waals surface area contributed by atoms with Crippen LogP contribution in [-0.2, 0) is 18.3 Å². The molecule has 3 aliphatic rings. The molecule has 9 nitrogen and oxygen atoms in total. The highest BCUT2D eigenvalue weighted by atomic mass is 16.5. The van der Waals surface area contributed by atoms with Gasteiger partial charge in [0, 0.05) is 67.3 Å². The summed E-state index contributed by atoms with van der Waals surface area (Å²) in [4.78, 5) is 29.5. The molecule has 6 heterocycles. The summed E-state index contributed by atoms with van der Waals surface area (Å²) in [6.45, 7) is 2.87. The van der Waals surface area contributed by atoms with Crippen molar-refractivity contribution in [2.24, 2.45) is 23.9 Å². The first-order valence-electron chi connectivity index (χ1n) is 12.5. The Kier molecular flexibility index (Phi) is 5.81. The molecule has 0 aromatic carbocycles. The number of fused-ring (bicyclic) bond motifs is 2. The lowest BCUT2D eigenvalue weighted by Crippen LogP contribution is -2.34. The number of nitrogens with zero attached hydrogens (tertiary/aromatic N) is 5. The Balaban J connectivity index is 1.35. The van der Waals surface area contributed by atoms with Gasteiger partial charge in [-0.3, -0.25) is 9.78 Å². The molecule has 3 aromatic heterocycles. The van der Waals surface area contributed by atoms with Crippen molar-refractivity contribution >= 4 is 28.3 Å². The summed E-state index contributed by atoms with van der Waals surface area (Å²) in [5.41, 5.74) is 6.06. The number of amides is 1. The molecule has 2 atom stereocenters. The van der Waals surface area contributed by atoms with Gasteiger partial charge >= 0.3 is 0 Å². The summed E-state index contributed by atoms with van der Waals surface area (Å²) in [6, 6.07) is 4.01. The fourth-order valence-corrected chi connectivity index (χ4v) is 5.63. The fraction of sp³-hybridized carbons (Fsp3) is 0.407. The monoisotopic (exact) mass is 485 g/mol. The zero-order chi connectivity index (χ0) is 24.8. The highest BCUT2D eigenvalue weighted by Gasteiger charge is 2.32. The number of hydrogen-bond acceptors (Lipinski definition) is 7. The van der Waals surface area contributed by atoms with Gasteiger partial charge in [-0.15, -0.1) is 0 Å². The number of rotatable bonds is 6. The van der Waals surface area contributed by atoms with Gasteiger partial charge in [0.15, 0.2) is 0 Å². The van der Waals surface area contributed by atoms with Gasteiger partial charge in [-0.25, -0.2) is 9.98 Å². The fourth-order valence-electron chi connectivity index (χ4n) is 5.63. The molecule has 0 radical (unpaired) electrons. The van der Waals surface area contributed by atoms with Crippen molar-refractivity contribution < 1.29 is 9.53 Å². The number of aromatic nitrogens is 3. The molecule has 9 heteroatoms. The number of pyridine rings is 2. The topological polar surface area (TPSA) is 96.7 Å². The lowest BCUT2D eigenvalue weighted by molar-refractivity contribution is 0.0966. The number of carbonyl (C=O) groups excluding carboxylic acids is 1. The maximum absolute atomic E-state index is 12.9. The average Bonchev–Trinajstić information content (AvgIpc) is 3.61. The van der Waals surface area contributed by atoms with Crippen LogP contribution in [0.2, 0.25) is 0 Å². The number of nitrogens with one attached hydrogen (secondary N) is 2. The second-order valence-electron chi connectivity index (χ2n) is 10.1. The molecule has 3 aromatic rings. The Labute approximate surface area is 210 Å². The van der Waals surface area contributed by atoms with Crippen molar-refractivity contribution in [1.29, 1.82) is 0 Å². The third kappa shape index (κ3) is 3.98. The summed E-state index contributed by atoms with van der Waals surface area (Å²) in [6.07, 6.45) is 9.67. The first-order valence-corrected chi connectivity index (χ1v) is 12.5. The lowest BCUT2D eigenvalue weighted by Gasteiger charge is -2.29. The number of hydrogen-bond donors (Lipinski definition) is 2. The number of anilines is 1. The van der Waals surface area contributed by atoms with Crippen molar-refractivity contribution in [3.8, 4) is 11.3 Å². The van der Waals surface area contributed by atoms with Crippen molar-refractivity contribution in [2.45, 2.75) is 19.4 Å². The molecule has 1 fully saturated rings. The smallest absolute Gasteiger partial charge is 0.254 e. The lowest BCUT2D eigenvalue weighted by atomic mass is 9.83. The van der Waals surface area contributed by atoms with Crippen LogP contribution in [0.1, 0.15) is 28.8 Å². The maximum Gasteiger partial charge on any atom is 0.254 e. The molecule has 6 rings (SSSR count). The molecule has 3 aliphatic heterocycles. The van der Waals surface area contributed by atoms with Crippen LogP contribution < -0.4 is 10.6 Å². The number of aliphatic imine (C=N–C) groups is 1. The molecular weight excluding hydrogens is 454 g/mol. The van der Waals surface area contributed by atoms with Crippen LogP contribution in [0, 0.1) is 11.8 Å². The second kappa shape index (κ2) is 9.15. The summed E-state index contributed by atoms with van der Waals surface area (Å²) in [5.74, 6) is 1.57. The van der Waals surface area contributed by atoms with E-state index in [1.807, 2.05) is 29.9 Å². The molecule has 1 saturated heterocycles. The van der Waals surface area contributed by atoms with Crippen LogP contribution in [-0.4, -0.2) is 64.9 Å². The van der Waals surface area contributed by atoms with E-state index in [2.05, 4.69) is 40.7 Å². The summed E-state index contributed by atoms with van der Waals surface area (Å²) < 4.78 is 7.65. The zero-order valence-electron chi connectivity index (χ0n) is 20.9. The predicted octanol–water partition coefficient (Wildman–Crippen LogP) is 3.19. The average molecular weight is 486 g/mol. The third-order valence-corrected chi connectivity index (χ3v) is 7.39. The molecule has 2 N–H and O–H groups in total. The zero-order valence-corrected chi connectivity index (χ0v) is 20.9. The first-order chi connectivity index (χ1) is 17.5. The maximum atomic E-state index is 12.9. The van der Waals surface area contributed by atoms with Gasteiger partial charge in [-0.1, -0.05) is 0 Å². The van der Waals surface area contributed by atoms with Crippen LogP contribution in [0.3, 0.4) is 0 Å². The van der Waals surface area contributed by atoms with Gasteiger partial charge in [-0.05, 0) is 51.1 Å². The number of carbonyl (C=O) groups is 1. The van der Waals surface area contributed by atoms with Crippen molar-refractivity contribution in [1.82, 2.24) is 24.8 Å². The van der Waals surface area contributed by atoms with E-state index in [-0.39, 0.29) is 5.91 Å². The van der Waals surface area contributed by atoms with E-state index in [9.17, 15) is 4.79 Å². The minimum Gasteiger partial charge on any atom is -0.381 e. The SMILES string of the molecule is CN(C)CC1=NC(Nc2cnc(-c3ccnc4c3ccn4C)c3c2C(=O)NC3)=CCC1[C@H]1CCOC1. The van der Waals surface area contributed by atoms with E-state index >= 15 is 0 Å². The van der Waals surface area contributed by atoms with E-state index < -0.39 is 0 Å². The van der Waals surface area contributed by atoms with Crippen LogP contribution >= 0.6 is 0 Å². The Bertz CT molecular complexity index is 1400. The summed E-state index contributed by atoms with van der Waals surface area (Å²) in [5, 5.41) is 7.44. The largest absolute Gasteiger partial charge is 0.381 e. The van der Waals surface area contributed by atoms with Crippen molar-refractivity contribution in [3.05, 3.63) is 53.7 Å². The standard InChI is InChI=1S/C27H31N7O2/c1-33(2)14-22-17(16-8-11-36-15-16)4-5-23(32-22)31-21-13-29-25(20-12-30-27(35)24(20)21)18-6-9-28-26-19(18)7-10-34(26)3/h5-7,9-10,13,16-17,31H,4,8,11-12,14-15H2,1-3H3,(H,30,35)/t16-,17?/m0/s1. The quantitative estimate of drug-likeness (QED) is 0.557. The van der Waals surface area contributed by atoms with Crippen LogP contribution in [0.5, 0.6) is 0 Å². The highest BCUT2D eigenvalue weighted by molar-refractivity contribution is 6.06. The van der Waals surface area contributed by atoms with E-state index in [0.717, 1.165) is 72.0 Å². The van der Waals surface area contributed by atoms with Gasteiger partial charge in [0.25, 0.3) is 5.91 Å². The molecule has 0 aliphatic carbocycles. The molecule has 0 spiro atoms. The normalized spacial score (nSPS) is 21.5. The highest BCUT2D eigenvalue weighted by Crippen LogP contribution is 2.36.